The van der Waals surface area contributed by atoms with E-state index in [1.165, 1.54) is 44.1 Å². The molecule has 0 amide bonds. The highest BCUT2D eigenvalue weighted by molar-refractivity contribution is 6.31. The van der Waals surface area contributed by atoms with Crippen LogP contribution in [0.1, 0.15) is 112 Å². The molecular weight excluding hydrogens is 600 g/mol. The molecule has 4 fully saturated rings. The van der Waals surface area contributed by atoms with Crippen LogP contribution in [0, 0.1) is 57.2 Å². The van der Waals surface area contributed by atoms with Crippen molar-refractivity contribution in [3.63, 3.8) is 0 Å². The van der Waals surface area contributed by atoms with Gasteiger partial charge in [0.2, 0.25) is 0 Å². The van der Waals surface area contributed by atoms with Crippen LogP contribution in [0.3, 0.4) is 0 Å². The molecule has 0 radical (unpaired) electrons. The van der Waals surface area contributed by atoms with E-state index in [9.17, 15) is 9.90 Å². The summed E-state index contributed by atoms with van der Waals surface area (Å²) in [4.78, 5) is 18.7. The second-order valence-corrected chi connectivity index (χ2v) is 19.0. The number of halogens is 1. The minimum Gasteiger partial charge on any atom is -0.391 e. The van der Waals surface area contributed by atoms with Crippen LogP contribution in [0.2, 0.25) is 5.02 Å². The Labute approximate surface area is 292 Å². The van der Waals surface area contributed by atoms with Gasteiger partial charge in [0.1, 0.15) is 0 Å². The van der Waals surface area contributed by atoms with E-state index >= 15 is 0 Å². The number of hydrogen-bond acceptors (Lipinski definition) is 4. The zero-order valence-electron chi connectivity index (χ0n) is 31.2. The average Bonchev–Trinajstić information content (AvgIpc) is 3.32. The van der Waals surface area contributed by atoms with Crippen LogP contribution in [0.25, 0.3) is 0 Å². The molecule has 1 aromatic rings. The smallest absolute Gasteiger partial charge is 0.160 e. The number of carbonyl (C=O) groups excluding carboxylic acids is 1. The fourth-order valence-corrected chi connectivity index (χ4v) is 13.0. The highest BCUT2D eigenvalue weighted by Crippen LogP contribution is 2.73. The number of ketones is 1. The lowest BCUT2D eigenvalue weighted by Gasteiger charge is -2.69. The first-order chi connectivity index (χ1) is 22.1. The van der Waals surface area contributed by atoms with E-state index in [0.717, 1.165) is 59.8 Å². The monoisotopic (exact) mass is 664 g/mol. The summed E-state index contributed by atoms with van der Waals surface area (Å²) < 4.78 is 0. The molecule has 1 N–H and O–H groups in total. The summed E-state index contributed by atoms with van der Waals surface area (Å²) in [6.07, 6.45) is 9.81. The molecule has 5 heteroatoms. The summed E-state index contributed by atoms with van der Waals surface area (Å²) in [7, 11) is 4.21. The maximum Gasteiger partial charge on any atom is 0.160 e. The average molecular weight is 665 g/mol. The van der Waals surface area contributed by atoms with E-state index in [1.54, 1.807) is 0 Å². The lowest BCUT2D eigenvalue weighted by Crippen LogP contribution is -2.62. The van der Waals surface area contributed by atoms with Crippen molar-refractivity contribution >= 4 is 17.4 Å². The highest BCUT2D eigenvalue weighted by atomic mass is 35.5. The summed E-state index contributed by atoms with van der Waals surface area (Å²) in [5.74, 6) is 3.85. The molecule has 0 heterocycles. The number of carbonyl (C=O) groups is 1. The van der Waals surface area contributed by atoms with Gasteiger partial charge in [0.15, 0.2) is 5.78 Å². The summed E-state index contributed by atoms with van der Waals surface area (Å²) >= 11 is 6.65. The largest absolute Gasteiger partial charge is 0.391 e. The topological polar surface area (TPSA) is 43.8 Å². The SMILES string of the molecule is CC(C)C1=C2C3CCC4C(C)(CC[C@H]5C(C)(C)C(C)CCC45C)C3CCC2([C@H](O)CN(CCN(C)C)Cc2ccccc2Cl)CC1=O. The van der Waals surface area contributed by atoms with E-state index in [-0.39, 0.29) is 5.92 Å². The maximum atomic E-state index is 14.1. The first-order valence-corrected chi connectivity index (χ1v) is 19.5. The molecule has 6 rings (SSSR count). The van der Waals surface area contributed by atoms with Crippen molar-refractivity contribution < 1.29 is 9.90 Å². The molecule has 4 saturated carbocycles. The minimum atomic E-state index is -0.581. The molecule has 7 unspecified atom stereocenters. The minimum absolute atomic E-state index is 0.192. The van der Waals surface area contributed by atoms with E-state index in [4.69, 9.17) is 11.6 Å². The van der Waals surface area contributed by atoms with Crippen LogP contribution < -0.4 is 0 Å². The molecular formula is C42H65ClN2O2. The third-order valence-corrected chi connectivity index (χ3v) is 15.8. The Kier molecular flexibility index (Phi) is 9.73. The van der Waals surface area contributed by atoms with Crippen LogP contribution in [0.5, 0.6) is 0 Å². The van der Waals surface area contributed by atoms with Gasteiger partial charge >= 0.3 is 0 Å². The Morgan fingerprint density at radius 2 is 1.62 bits per heavy atom. The summed E-state index contributed by atoms with van der Waals surface area (Å²) in [6.45, 7) is 20.5. The van der Waals surface area contributed by atoms with Gasteiger partial charge < -0.3 is 10.0 Å². The molecule has 0 spiro atoms. The van der Waals surface area contributed by atoms with Gasteiger partial charge in [-0.15, -0.1) is 0 Å². The number of rotatable bonds is 9. The molecule has 4 nitrogen and oxygen atoms in total. The number of likely N-dealkylation sites (N-methyl/N-ethyl adjacent to an activating group) is 1. The van der Waals surface area contributed by atoms with Crippen molar-refractivity contribution in [1.82, 2.24) is 9.80 Å². The van der Waals surface area contributed by atoms with Crippen LogP contribution in [0.15, 0.2) is 35.4 Å². The Bertz CT molecular complexity index is 1370. The van der Waals surface area contributed by atoms with Crippen molar-refractivity contribution in [2.75, 3.05) is 33.7 Å². The van der Waals surface area contributed by atoms with Crippen LogP contribution in [-0.2, 0) is 11.3 Å². The number of aliphatic hydroxyl groups is 1. The molecule has 262 valence electrons. The van der Waals surface area contributed by atoms with Crippen molar-refractivity contribution in [2.24, 2.45) is 57.2 Å². The van der Waals surface area contributed by atoms with E-state index in [0.29, 0.717) is 53.4 Å². The van der Waals surface area contributed by atoms with Crippen molar-refractivity contribution in [3.8, 4) is 0 Å². The normalized spacial score (nSPS) is 38.8. The number of benzene rings is 1. The van der Waals surface area contributed by atoms with E-state index < -0.39 is 11.5 Å². The second kappa shape index (κ2) is 12.8. The maximum absolute atomic E-state index is 14.1. The van der Waals surface area contributed by atoms with E-state index in [2.05, 4.69) is 78.4 Å². The molecule has 0 saturated heterocycles. The number of allylic oxidation sites excluding steroid dienone is 1. The van der Waals surface area contributed by atoms with E-state index in [1.807, 2.05) is 18.2 Å². The summed E-state index contributed by atoms with van der Waals surface area (Å²) in [5.41, 5.74) is 4.22. The third kappa shape index (κ3) is 5.81. The number of hydrogen-bond donors (Lipinski definition) is 1. The molecule has 5 aliphatic carbocycles. The van der Waals surface area contributed by atoms with Gasteiger partial charge in [-0.1, -0.05) is 83.8 Å². The van der Waals surface area contributed by atoms with Crippen LogP contribution >= 0.6 is 11.6 Å². The standard InChI is InChI=1S/C42H65ClN2O2/c1-27(2)37-33(46)24-42(36(47)26-45(23-22-44(8)9)25-29-12-10-11-13-32(29)43)21-17-31-30(38(37)42)14-15-35-40(31,6)20-18-34-39(4,5)28(3)16-19-41(34,35)7/h10-13,27-28,30-31,34-36,47H,14-26H2,1-9H3/t28?,30?,31?,34-,35?,36+,40?,41?,42?/m0/s1. The Morgan fingerprint density at radius 3 is 2.30 bits per heavy atom. The van der Waals surface area contributed by atoms with Crippen LogP contribution in [-0.4, -0.2) is 60.5 Å². The fourth-order valence-electron chi connectivity index (χ4n) is 12.8. The van der Waals surface area contributed by atoms with Gasteiger partial charge in [0.25, 0.3) is 0 Å². The van der Waals surface area contributed by atoms with Crippen molar-refractivity contribution in [3.05, 3.63) is 46.0 Å². The Hall–Kier alpha value is -1.20. The quantitative estimate of drug-likeness (QED) is 0.286. The van der Waals surface area contributed by atoms with Gasteiger partial charge in [-0.25, -0.2) is 0 Å². The Balaban J connectivity index is 1.33. The van der Waals surface area contributed by atoms with Crippen molar-refractivity contribution in [1.29, 1.82) is 0 Å². The summed E-state index contributed by atoms with van der Waals surface area (Å²) in [6, 6.07) is 8.09. The number of nitrogens with zero attached hydrogens (tertiary/aromatic N) is 2. The first kappa shape index (κ1) is 35.6. The molecule has 1 aromatic carbocycles. The molecule has 9 atom stereocenters. The second-order valence-electron chi connectivity index (χ2n) is 18.6. The molecule has 47 heavy (non-hydrogen) atoms. The predicted octanol–water partition coefficient (Wildman–Crippen LogP) is 9.29. The fraction of sp³-hybridized carbons (Fsp3) is 0.786. The lowest BCUT2D eigenvalue weighted by molar-refractivity contribution is -0.191. The molecule has 0 aromatic heterocycles. The van der Waals surface area contributed by atoms with Gasteiger partial charge in [0.05, 0.1) is 6.10 Å². The number of aliphatic hydroxyl groups excluding tert-OH is 1. The Morgan fingerprint density at radius 1 is 0.915 bits per heavy atom. The van der Waals surface area contributed by atoms with Crippen molar-refractivity contribution in [2.45, 2.75) is 119 Å². The zero-order valence-corrected chi connectivity index (χ0v) is 31.9. The lowest BCUT2D eigenvalue weighted by atomic mass is 9.36. The molecule has 5 aliphatic rings. The molecule has 0 aliphatic heterocycles. The number of fused-ring (bicyclic) bond motifs is 7. The summed E-state index contributed by atoms with van der Waals surface area (Å²) in [5, 5.41) is 13.3. The number of Topliss-reactive ketones (excluding diaryl/α,β-unsaturated/α-hetero) is 1. The highest BCUT2D eigenvalue weighted by Gasteiger charge is 2.66. The van der Waals surface area contributed by atoms with Gasteiger partial charge in [-0.3, -0.25) is 9.69 Å². The van der Waals surface area contributed by atoms with Gasteiger partial charge in [-0.2, -0.15) is 0 Å². The molecule has 0 bridgehead atoms. The first-order valence-electron chi connectivity index (χ1n) is 19.1. The van der Waals surface area contributed by atoms with Gasteiger partial charge in [-0.05, 0) is 134 Å². The van der Waals surface area contributed by atoms with Gasteiger partial charge in [0, 0.05) is 43.0 Å². The van der Waals surface area contributed by atoms with Crippen LogP contribution in [0.4, 0.5) is 0 Å². The third-order valence-electron chi connectivity index (χ3n) is 15.5. The zero-order chi connectivity index (χ0) is 34.1. The predicted molar refractivity (Wildman–Crippen MR) is 195 cm³/mol.